The first kappa shape index (κ1) is 23.9. The maximum absolute atomic E-state index is 12.7. The lowest BCUT2D eigenvalue weighted by Gasteiger charge is -2.30. The maximum Gasteiger partial charge on any atom is 0.252 e. The second-order valence-corrected chi connectivity index (χ2v) is 9.54. The number of carbonyl (C=O) groups is 1. The minimum atomic E-state index is -0.855. The van der Waals surface area contributed by atoms with Gasteiger partial charge in [0.2, 0.25) is 5.82 Å². The Kier molecular flexibility index (Phi) is 6.37. The molecule has 0 saturated carbocycles. The molecule has 35 heavy (non-hydrogen) atoms. The molecule has 188 valence electrons. The largest absolute Gasteiger partial charge is 0.382 e. The highest BCUT2D eigenvalue weighted by Gasteiger charge is 2.58. The summed E-state index contributed by atoms with van der Waals surface area (Å²) in [5.41, 5.74) is 7.10. The van der Waals surface area contributed by atoms with Crippen molar-refractivity contribution in [3.63, 3.8) is 0 Å². The van der Waals surface area contributed by atoms with E-state index < -0.39 is 30.3 Å². The Labute approximate surface area is 204 Å². The Morgan fingerprint density at radius 1 is 1.23 bits per heavy atom. The van der Waals surface area contributed by atoms with Gasteiger partial charge >= 0.3 is 0 Å². The van der Waals surface area contributed by atoms with Gasteiger partial charge in [-0.25, -0.2) is 15.0 Å². The lowest BCUT2D eigenvalue weighted by atomic mass is 10.1. The molecule has 5 rings (SSSR count). The number of nitrogen functional groups attached to an aromatic ring is 1. The van der Waals surface area contributed by atoms with Crippen LogP contribution in [0.15, 0.2) is 6.33 Å². The van der Waals surface area contributed by atoms with Crippen molar-refractivity contribution in [2.75, 3.05) is 52.0 Å². The summed E-state index contributed by atoms with van der Waals surface area (Å²) in [6.07, 6.45) is -1.03. The SMILES string of the molecule is CCNC(=O)[C@H]1O[C@@H](n2cnc3c(N)nc(C#CCN4CCN(C)CC4)nc32)[C@@H]2OC(C)(C)O[C@@H]21. The van der Waals surface area contributed by atoms with E-state index in [1.165, 1.54) is 0 Å². The molecule has 0 bridgehead atoms. The van der Waals surface area contributed by atoms with Crippen molar-refractivity contribution in [1.29, 1.82) is 0 Å². The number of nitrogens with two attached hydrogens (primary N) is 1. The fourth-order valence-electron chi connectivity index (χ4n) is 4.70. The van der Waals surface area contributed by atoms with E-state index in [1.807, 2.05) is 20.8 Å². The highest BCUT2D eigenvalue weighted by Crippen LogP contribution is 2.43. The number of likely N-dealkylation sites (N-methyl/N-ethyl adjacent to an activating group) is 2. The Morgan fingerprint density at radius 2 is 1.97 bits per heavy atom. The number of anilines is 1. The predicted octanol–water partition coefficient (Wildman–Crippen LogP) is -0.439. The Bertz CT molecular complexity index is 1160. The summed E-state index contributed by atoms with van der Waals surface area (Å²) < 4.78 is 20.0. The van der Waals surface area contributed by atoms with E-state index in [1.54, 1.807) is 10.9 Å². The van der Waals surface area contributed by atoms with Crippen LogP contribution in [0.5, 0.6) is 0 Å². The second-order valence-electron chi connectivity index (χ2n) is 9.54. The molecular weight excluding hydrogens is 452 g/mol. The number of amides is 1. The fraction of sp³-hybridized carbons (Fsp3) is 0.652. The standard InChI is InChI=1S/C23H32N8O4/c1-5-25-21(32)17-16-18(35-23(2,3)34-16)22(33-17)31-13-26-15-19(24)27-14(28-20(15)31)7-6-8-30-11-9-29(4)10-12-30/h13,16-18,22H,5,8-12H2,1-4H3,(H,25,32)(H2,24,27,28)/t16-,17+,18-,22-/m1/s1. The number of aromatic nitrogens is 4. The number of piperazine rings is 1. The number of fused-ring (bicyclic) bond motifs is 2. The summed E-state index contributed by atoms with van der Waals surface area (Å²) >= 11 is 0. The molecule has 3 aliphatic heterocycles. The molecule has 0 radical (unpaired) electrons. The van der Waals surface area contributed by atoms with Crippen LogP contribution < -0.4 is 11.1 Å². The van der Waals surface area contributed by atoms with Gasteiger partial charge in [0, 0.05) is 32.7 Å². The van der Waals surface area contributed by atoms with E-state index in [0.29, 0.717) is 30.1 Å². The quantitative estimate of drug-likeness (QED) is 0.550. The van der Waals surface area contributed by atoms with Gasteiger partial charge in [-0.15, -0.1) is 0 Å². The zero-order valence-corrected chi connectivity index (χ0v) is 20.5. The summed E-state index contributed by atoms with van der Waals surface area (Å²) in [5.74, 6) is 5.64. The number of ether oxygens (including phenoxy) is 3. The molecular formula is C23H32N8O4. The Hall–Kier alpha value is -2.82. The van der Waals surface area contributed by atoms with Gasteiger partial charge in [-0.2, -0.15) is 0 Å². The molecule has 3 N–H and O–H groups in total. The first-order chi connectivity index (χ1) is 16.8. The maximum atomic E-state index is 12.7. The lowest BCUT2D eigenvalue weighted by Crippen LogP contribution is -2.44. The minimum absolute atomic E-state index is 0.233. The van der Waals surface area contributed by atoms with Crippen molar-refractivity contribution in [2.24, 2.45) is 0 Å². The van der Waals surface area contributed by atoms with Crippen LogP contribution in [-0.4, -0.2) is 106 Å². The molecule has 2 aromatic rings. The summed E-state index contributed by atoms with van der Waals surface area (Å²) in [7, 11) is 2.12. The van der Waals surface area contributed by atoms with E-state index in [-0.39, 0.29) is 11.7 Å². The first-order valence-electron chi connectivity index (χ1n) is 11.9. The third-order valence-corrected chi connectivity index (χ3v) is 6.46. The molecule has 1 amide bonds. The molecule has 2 aromatic heterocycles. The molecule has 12 nitrogen and oxygen atoms in total. The number of nitrogens with one attached hydrogen (secondary N) is 1. The van der Waals surface area contributed by atoms with Gasteiger partial charge in [-0.3, -0.25) is 14.3 Å². The number of hydrogen-bond donors (Lipinski definition) is 2. The van der Waals surface area contributed by atoms with Crippen LogP contribution in [0.25, 0.3) is 11.2 Å². The van der Waals surface area contributed by atoms with Gasteiger partial charge in [0.05, 0.1) is 12.9 Å². The van der Waals surface area contributed by atoms with Crippen LogP contribution in [0, 0.1) is 11.8 Å². The molecule has 4 atom stereocenters. The number of imidazole rings is 1. The molecule has 12 heteroatoms. The van der Waals surface area contributed by atoms with Gasteiger partial charge in [0.25, 0.3) is 5.91 Å². The summed E-state index contributed by atoms with van der Waals surface area (Å²) in [6.45, 7) is 10.6. The smallest absolute Gasteiger partial charge is 0.252 e. The van der Waals surface area contributed by atoms with E-state index >= 15 is 0 Å². The van der Waals surface area contributed by atoms with E-state index in [4.69, 9.17) is 19.9 Å². The molecule has 0 spiro atoms. The normalized spacial score (nSPS) is 28.6. The van der Waals surface area contributed by atoms with Crippen molar-refractivity contribution in [3.8, 4) is 11.8 Å². The van der Waals surface area contributed by atoms with Crippen LogP contribution in [0.1, 0.15) is 32.8 Å². The summed E-state index contributed by atoms with van der Waals surface area (Å²) in [5, 5.41) is 2.81. The number of nitrogens with zero attached hydrogens (tertiary/aromatic N) is 6. The topological polar surface area (TPSA) is 133 Å². The number of carbonyl (C=O) groups excluding carboxylic acids is 1. The van der Waals surface area contributed by atoms with Gasteiger partial charge in [-0.05, 0) is 33.7 Å². The lowest BCUT2D eigenvalue weighted by molar-refractivity contribution is -0.197. The van der Waals surface area contributed by atoms with E-state index in [0.717, 1.165) is 26.2 Å². The molecule has 0 aliphatic carbocycles. The van der Waals surface area contributed by atoms with Gasteiger partial charge in [0.1, 0.15) is 17.7 Å². The third kappa shape index (κ3) is 4.70. The average Bonchev–Trinajstić information content (AvgIpc) is 3.46. The Balaban J connectivity index is 1.42. The van der Waals surface area contributed by atoms with Crippen molar-refractivity contribution in [1.82, 2.24) is 34.6 Å². The van der Waals surface area contributed by atoms with Gasteiger partial charge < -0.3 is 30.2 Å². The summed E-state index contributed by atoms with van der Waals surface area (Å²) in [4.78, 5) is 30.6. The highest BCUT2D eigenvalue weighted by molar-refractivity contribution is 5.83. The number of rotatable bonds is 4. The molecule has 3 fully saturated rings. The highest BCUT2D eigenvalue weighted by atomic mass is 16.8. The minimum Gasteiger partial charge on any atom is -0.382 e. The zero-order chi connectivity index (χ0) is 24.7. The Morgan fingerprint density at radius 3 is 2.71 bits per heavy atom. The van der Waals surface area contributed by atoms with Crippen LogP contribution in [-0.2, 0) is 19.0 Å². The monoisotopic (exact) mass is 484 g/mol. The van der Waals surface area contributed by atoms with E-state index in [2.05, 4.69) is 49.0 Å². The first-order valence-corrected chi connectivity index (χ1v) is 11.9. The second kappa shape index (κ2) is 9.33. The van der Waals surface area contributed by atoms with Gasteiger partial charge in [-0.1, -0.05) is 5.92 Å². The third-order valence-electron chi connectivity index (χ3n) is 6.46. The molecule has 0 aromatic carbocycles. The van der Waals surface area contributed by atoms with E-state index in [9.17, 15) is 4.79 Å². The summed E-state index contributed by atoms with van der Waals surface area (Å²) in [6, 6.07) is 0. The average molecular weight is 485 g/mol. The predicted molar refractivity (Wildman–Crippen MR) is 127 cm³/mol. The van der Waals surface area contributed by atoms with Crippen molar-refractivity contribution < 1.29 is 19.0 Å². The zero-order valence-electron chi connectivity index (χ0n) is 20.5. The molecule has 3 aliphatic rings. The van der Waals surface area contributed by atoms with Crippen LogP contribution in [0.3, 0.4) is 0 Å². The van der Waals surface area contributed by atoms with Crippen LogP contribution in [0.4, 0.5) is 5.82 Å². The fourth-order valence-corrected chi connectivity index (χ4v) is 4.70. The van der Waals surface area contributed by atoms with Crippen molar-refractivity contribution in [2.45, 2.75) is 51.1 Å². The van der Waals surface area contributed by atoms with Gasteiger partial charge in [0.15, 0.2) is 29.6 Å². The number of hydrogen-bond acceptors (Lipinski definition) is 10. The van der Waals surface area contributed by atoms with Crippen molar-refractivity contribution in [3.05, 3.63) is 12.2 Å². The molecule has 5 heterocycles. The molecule has 3 saturated heterocycles. The molecule has 0 unspecified atom stereocenters. The van der Waals surface area contributed by atoms with Crippen LogP contribution >= 0.6 is 0 Å². The van der Waals surface area contributed by atoms with Crippen molar-refractivity contribution >= 4 is 22.9 Å². The van der Waals surface area contributed by atoms with Crippen LogP contribution in [0.2, 0.25) is 0 Å².